The summed E-state index contributed by atoms with van der Waals surface area (Å²) in [6.07, 6.45) is 0. The summed E-state index contributed by atoms with van der Waals surface area (Å²) in [6.45, 7) is 2.18. The van der Waals surface area contributed by atoms with E-state index in [1.807, 2.05) is 0 Å². The van der Waals surface area contributed by atoms with Gasteiger partial charge in [0.2, 0.25) is 0 Å². The fourth-order valence-electron chi connectivity index (χ4n) is 4.31. The number of fused-ring (bicyclic) bond motifs is 6. The number of benzene rings is 4. The molecule has 0 N–H and O–H groups in total. The predicted octanol–water partition coefficient (Wildman–Crippen LogP) is 6.77. The molecule has 2 aromatic heterocycles. The minimum absolute atomic E-state index is 0.998. The third-order valence-corrected chi connectivity index (χ3v) is 5.66. The molecule has 0 saturated heterocycles. The fraction of sp³-hybridized carbons (Fsp3) is 0.0385. The average Bonchev–Trinajstić information content (AvgIpc) is 3.13. The van der Waals surface area contributed by atoms with Gasteiger partial charge in [0.15, 0.2) is 0 Å². The first kappa shape index (κ1) is 15.4. The Morgan fingerprint density at radius 2 is 1.32 bits per heavy atom. The van der Waals surface area contributed by atoms with Gasteiger partial charge >= 0.3 is 0 Å². The second kappa shape index (κ2) is 5.67. The lowest BCUT2D eigenvalue weighted by molar-refractivity contribution is 1.17. The van der Waals surface area contributed by atoms with E-state index >= 15 is 0 Å². The Morgan fingerprint density at radius 1 is 0.643 bits per heavy atom. The van der Waals surface area contributed by atoms with Gasteiger partial charge in [0, 0.05) is 16.3 Å². The van der Waals surface area contributed by atoms with Gasteiger partial charge in [-0.2, -0.15) is 0 Å². The van der Waals surface area contributed by atoms with Crippen molar-refractivity contribution >= 4 is 38.1 Å². The van der Waals surface area contributed by atoms with Crippen molar-refractivity contribution in [2.24, 2.45) is 0 Å². The van der Waals surface area contributed by atoms with Crippen LogP contribution in [0.1, 0.15) is 5.56 Å². The van der Waals surface area contributed by atoms with Crippen LogP contribution < -0.4 is 0 Å². The second-order valence-corrected chi connectivity index (χ2v) is 7.39. The Morgan fingerprint density at radius 3 is 2.18 bits per heavy atom. The normalized spacial score (nSPS) is 11.8. The van der Waals surface area contributed by atoms with Crippen molar-refractivity contribution in [3.8, 4) is 11.4 Å². The third-order valence-electron chi connectivity index (χ3n) is 5.66. The Balaban J connectivity index is 1.83. The number of para-hydroxylation sites is 2. The van der Waals surface area contributed by atoms with Crippen LogP contribution in [0.3, 0.4) is 0 Å². The molecular weight excluding hydrogens is 340 g/mol. The predicted molar refractivity (Wildman–Crippen MR) is 118 cm³/mol. The minimum atomic E-state index is 0.998. The Kier molecular flexibility index (Phi) is 3.12. The van der Waals surface area contributed by atoms with Gasteiger partial charge in [-0.05, 0) is 47.5 Å². The van der Waals surface area contributed by atoms with E-state index in [4.69, 9.17) is 4.98 Å². The Labute approximate surface area is 162 Å². The molecule has 0 amide bonds. The van der Waals surface area contributed by atoms with E-state index in [1.54, 1.807) is 0 Å². The molecule has 0 aliphatic heterocycles. The average molecular weight is 358 g/mol. The van der Waals surface area contributed by atoms with Gasteiger partial charge < -0.3 is 0 Å². The van der Waals surface area contributed by atoms with Crippen LogP contribution in [0, 0.1) is 6.92 Å². The van der Waals surface area contributed by atoms with Crippen molar-refractivity contribution in [2.45, 2.75) is 6.92 Å². The second-order valence-electron chi connectivity index (χ2n) is 7.39. The molecule has 2 heterocycles. The van der Waals surface area contributed by atoms with Gasteiger partial charge in [-0.1, -0.05) is 66.7 Å². The van der Waals surface area contributed by atoms with Crippen LogP contribution in [0.2, 0.25) is 0 Å². The number of nitrogens with zero attached hydrogens (tertiary/aromatic N) is 2. The molecule has 6 aromatic rings. The summed E-state index contributed by atoms with van der Waals surface area (Å²) in [5.74, 6) is 0.998. The third kappa shape index (κ3) is 2.12. The van der Waals surface area contributed by atoms with Crippen LogP contribution in [0.5, 0.6) is 0 Å². The van der Waals surface area contributed by atoms with Crippen LogP contribution in [0.4, 0.5) is 0 Å². The maximum absolute atomic E-state index is 5.13. The summed E-state index contributed by atoms with van der Waals surface area (Å²) >= 11 is 0. The summed E-state index contributed by atoms with van der Waals surface area (Å²) in [5.41, 5.74) is 5.84. The van der Waals surface area contributed by atoms with Crippen LogP contribution in [-0.2, 0) is 0 Å². The van der Waals surface area contributed by atoms with Gasteiger partial charge in [-0.15, -0.1) is 0 Å². The Bertz CT molecular complexity index is 1520. The molecule has 0 spiro atoms. The Hall–Kier alpha value is -3.65. The zero-order valence-corrected chi connectivity index (χ0v) is 15.6. The highest BCUT2D eigenvalue weighted by Gasteiger charge is 2.15. The molecule has 0 saturated carbocycles. The molecule has 28 heavy (non-hydrogen) atoms. The molecular formula is C26H18N2. The molecule has 2 nitrogen and oxygen atoms in total. The standard InChI is InChI=1S/C26H18N2/c1-17-14-18-8-2-3-9-19(18)15-22(17)26-27-23-12-6-5-11-21(23)25-16-20-10-4-7-13-24(20)28(25)26/h2-16H,1H3. The van der Waals surface area contributed by atoms with Gasteiger partial charge in [0.05, 0.1) is 16.6 Å². The van der Waals surface area contributed by atoms with Crippen molar-refractivity contribution < 1.29 is 0 Å². The monoisotopic (exact) mass is 358 g/mol. The molecule has 0 fully saturated rings. The number of aryl methyl sites for hydroxylation is 1. The molecule has 132 valence electrons. The van der Waals surface area contributed by atoms with Crippen LogP contribution in [-0.4, -0.2) is 9.38 Å². The molecule has 2 heteroatoms. The molecule has 0 aliphatic rings. The maximum Gasteiger partial charge on any atom is 0.145 e. The van der Waals surface area contributed by atoms with Crippen LogP contribution in [0.15, 0.2) is 91.0 Å². The van der Waals surface area contributed by atoms with Crippen LogP contribution in [0.25, 0.3) is 49.5 Å². The SMILES string of the molecule is Cc1cc2ccccc2cc1-c1nc2ccccc2c2cc3ccccc3n12. The van der Waals surface area contributed by atoms with E-state index in [2.05, 4.69) is 102 Å². The largest absolute Gasteiger partial charge is 0.293 e. The van der Waals surface area contributed by atoms with Crippen LogP contribution >= 0.6 is 0 Å². The van der Waals surface area contributed by atoms with Crippen molar-refractivity contribution in [1.82, 2.24) is 9.38 Å². The molecule has 6 rings (SSSR count). The summed E-state index contributed by atoms with van der Waals surface area (Å²) in [6, 6.07) is 32.3. The maximum atomic E-state index is 5.13. The molecule has 0 bridgehead atoms. The van der Waals surface area contributed by atoms with Crippen molar-refractivity contribution in [1.29, 1.82) is 0 Å². The van der Waals surface area contributed by atoms with E-state index in [-0.39, 0.29) is 0 Å². The first-order valence-electron chi connectivity index (χ1n) is 9.58. The number of rotatable bonds is 1. The zero-order chi connectivity index (χ0) is 18.7. The number of hydrogen-bond donors (Lipinski definition) is 0. The lowest BCUT2D eigenvalue weighted by atomic mass is 10.0. The highest BCUT2D eigenvalue weighted by Crippen LogP contribution is 2.34. The molecule has 0 radical (unpaired) electrons. The quantitative estimate of drug-likeness (QED) is 0.317. The highest BCUT2D eigenvalue weighted by molar-refractivity contribution is 6.03. The molecule has 4 aromatic carbocycles. The van der Waals surface area contributed by atoms with Crippen molar-refractivity contribution in [3.63, 3.8) is 0 Å². The zero-order valence-electron chi connectivity index (χ0n) is 15.6. The van der Waals surface area contributed by atoms with E-state index in [1.165, 1.54) is 43.7 Å². The lowest BCUT2D eigenvalue weighted by Crippen LogP contribution is -1.99. The van der Waals surface area contributed by atoms with Gasteiger partial charge in [0.25, 0.3) is 0 Å². The van der Waals surface area contributed by atoms with Crippen molar-refractivity contribution in [2.75, 3.05) is 0 Å². The van der Waals surface area contributed by atoms with E-state index < -0.39 is 0 Å². The molecule has 0 aliphatic carbocycles. The molecule has 0 atom stereocenters. The summed E-state index contributed by atoms with van der Waals surface area (Å²) in [7, 11) is 0. The van der Waals surface area contributed by atoms with Gasteiger partial charge in [-0.3, -0.25) is 4.40 Å². The smallest absolute Gasteiger partial charge is 0.145 e. The van der Waals surface area contributed by atoms with Gasteiger partial charge in [0.1, 0.15) is 5.82 Å². The first-order valence-corrected chi connectivity index (χ1v) is 9.58. The first-order chi connectivity index (χ1) is 13.8. The number of hydrogen-bond acceptors (Lipinski definition) is 1. The highest BCUT2D eigenvalue weighted by atomic mass is 15.0. The minimum Gasteiger partial charge on any atom is -0.293 e. The van der Waals surface area contributed by atoms with Gasteiger partial charge in [-0.25, -0.2) is 4.98 Å². The van der Waals surface area contributed by atoms with E-state index in [0.717, 1.165) is 11.3 Å². The van der Waals surface area contributed by atoms with Crippen molar-refractivity contribution in [3.05, 3.63) is 96.6 Å². The number of aromatic nitrogens is 2. The summed E-state index contributed by atoms with van der Waals surface area (Å²) < 4.78 is 2.31. The topological polar surface area (TPSA) is 17.3 Å². The summed E-state index contributed by atoms with van der Waals surface area (Å²) in [4.78, 5) is 5.13. The summed E-state index contributed by atoms with van der Waals surface area (Å²) in [5, 5.41) is 4.92. The molecule has 0 unspecified atom stereocenters. The van der Waals surface area contributed by atoms with E-state index in [9.17, 15) is 0 Å². The fourth-order valence-corrected chi connectivity index (χ4v) is 4.31. The lowest BCUT2D eigenvalue weighted by Gasteiger charge is -2.13. The van der Waals surface area contributed by atoms with E-state index in [0.29, 0.717) is 0 Å².